The summed E-state index contributed by atoms with van der Waals surface area (Å²) in [6.07, 6.45) is 0. The summed E-state index contributed by atoms with van der Waals surface area (Å²) in [6.45, 7) is 0.632. The highest BCUT2D eigenvalue weighted by Gasteiger charge is 2.32. The van der Waals surface area contributed by atoms with Crippen LogP contribution in [0.3, 0.4) is 0 Å². The van der Waals surface area contributed by atoms with Crippen molar-refractivity contribution < 1.29 is 13.9 Å². The Balaban J connectivity index is 2.04. The van der Waals surface area contributed by atoms with Gasteiger partial charge in [-0.3, -0.25) is 0 Å². The number of aromatic hydroxyl groups is 1. The Kier molecular flexibility index (Phi) is 3.06. The van der Waals surface area contributed by atoms with Crippen LogP contribution < -0.4 is 10.6 Å². The van der Waals surface area contributed by atoms with Crippen LogP contribution in [0.2, 0.25) is 0 Å². The number of fused-ring (bicyclic) bond motifs is 1. The molecule has 5 heteroatoms. The SMILES string of the molecule is NCC1c2c(F)cc(F)cc2CN1c1ccc(O)cc1. The minimum atomic E-state index is -0.579. The van der Waals surface area contributed by atoms with E-state index in [0.717, 1.165) is 11.8 Å². The van der Waals surface area contributed by atoms with Crippen LogP contribution >= 0.6 is 0 Å². The number of rotatable bonds is 2. The fraction of sp³-hybridized carbons (Fsp3) is 0.200. The first-order valence-electron chi connectivity index (χ1n) is 6.33. The fourth-order valence-electron chi connectivity index (χ4n) is 2.75. The second kappa shape index (κ2) is 4.76. The Morgan fingerprint density at radius 2 is 1.90 bits per heavy atom. The van der Waals surface area contributed by atoms with Gasteiger partial charge in [0.15, 0.2) is 0 Å². The van der Waals surface area contributed by atoms with Crippen LogP contribution in [0.1, 0.15) is 17.2 Å². The predicted octanol–water partition coefficient (Wildman–Crippen LogP) is 2.69. The molecule has 2 aromatic carbocycles. The van der Waals surface area contributed by atoms with Crippen molar-refractivity contribution in [3.63, 3.8) is 0 Å². The van der Waals surface area contributed by atoms with Gasteiger partial charge in [-0.15, -0.1) is 0 Å². The van der Waals surface area contributed by atoms with E-state index in [2.05, 4.69) is 0 Å². The van der Waals surface area contributed by atoms with Gasteiger partial charge in [0.05, 0.1) is 6.04 Å². The zero-order valence-corrected chi connectivity index (χ0v) is 10.7. The molecule has 1 heterocycles. The average Bonchev–Trinajstić information content (AvgIpc) is 2.78. The van der Waals surface area contributed by atoms with Crippen molar-refractivity contribution in [2.45, 2.75) is 12.6 Å². The molecule has 0 radical (unpaired) electrons. The van der Waals surface area contributed by atoms with Gasteiger partial charge >= 0.3 is 0 Å². The molecule has 0 aromatic heterocycles. The summed E-state index contributed by atoms with van der Waals surface area (Å²) in [6, 6.07) is 8.50. The molecule has 3 rings (SSSR count). The Bertz CT molecular complexity index is 643. The lowest BCUT2D eigenvalue weighted by Crippen LogP contribution is -2.28. The number of phenolic OH excluding ortho intramolecular Hbond substituents is 1. The molecule has 1 unspecified atom stereocenters. The quantitative estimate of drug-likeness (QED) is 0.886. The van der Waals surface area contributed by atoms with E-state index in [4.69, 9.17) is 5.73 Å². The van der Waals surface area contributed by atoms with Gasteiger partial charge in [0, 0.05) is 30.4 Å². The third kappa shape index (κ3) is 2.00. The van der Waals surface area contributed by atoms with Crippen molar-refractivity contribution in [3.05, 3.63) is 59.2 Å². The van der Waals surface area contributed by atoms with Gasteiger partial charge < -0.3 is 15.7 Å². The van der Waals surface area contributed by atoms with E-state index in [0.29, 0.717) is 17.7 Å². The average molecular weight is 276 g/mol. The topological polar surface area (TPSA) is 49.5 Å². The molecule has 2 aromatic rings. The number of hydrogen-bond acceptors (Lipinski definition) is 3. The highest BCUT2D eigenvalue weighted by Crippen LogP contribution is 2.39. The molecule has 0 saturated carbocycles. The molecule has 0 aliphatic carbocycles. The van der Waals surface area contributed by atoms with Gasteiger partial charge in [-0.05, 0) is 35.9 Å². The van der Waals surface area contributed by atoms with E-state index < -0.39 is 11.6 Å². The van der Waals surface area contributed by atoms with Gasteiger partial charge in [0.25, 0.3) is 0 Å². The number of nitrogens with zero attached hydrogens (tertiary/aromatic N) is 1. The zero-order valence-electron chi connectivity index (χ0n) is 10.7. The van der Waals surface area contributed by atoms with Gasteiger partial charge in [-0.25, -0.2) is 8.78 Å². The molecule has 0 bridgehead atoms. The number of hydrogen-bond donors (Lipinski definition) is 2. The molecule has 3 N–H and O–H groups in total. The highest BCUT2D eigenvalue weighted by atomic mass is 19.1. The lowest BCUT2D eigenvalue weighted by Gasteiger charge is -2.26. The van der Waals surface area contributed by atoms with Crippen molar-refractivity contribution in [2.24, 2.45) is 5.73 Å². The summed E-state index contributed by atoms with van der Waals surface area (Å²) in [4.78, 5) is 1.91. The van der Waals surface area contributed by atoms with E-state index in [1.807, 2.05) is 4.90 Å². The Morgan fingerprint density at radius 1 is 1.20 bits per heavy atom. The summed E-state index contributed by atoms with van der Waals surface area (Å²) in [5.41, 5.74) is 7.65. The summed E-state index contributed by atoms with van der Waals surface area (Å²) in [7, 11) is 0. The molecular weight excluding hydrogens is 262 g/mol. The van der Waals surface area contributed by atoms with Crippen molar-refractivity contribution in [3.8, 4) is 5.75 Å². The maximum absolute atomic E-state index is 14.0. The van der Waals surface area contributed by atoms with Crippen LogP contribution in [0.15, 0.2) is 36.4 Å². The Morgan fingerprint density at radius 3 is 2.55 bits per heavy atom. The molecule has 1 aliphatic heterocycles. The molecule has 104 valence electrons. The normalized spacial score (nSPS) is 17.4. The van der Waals surface area contributed by atoms with Crippen LogP contribution in [0.4, 0.5) is 14.5 Å². The van der Waals surface area contributed by atoms with Gasteiger partial charge in [0.2, 0.25) is 0 Å². The maximum atomic E-state index is 14.0. The maximum Gasteiger partial charge on any atom is 0.131 e. The van der Waals surface area contributed by atoms with E-state index in [9.17, 15) is 13.9 Å². The minimum absolute atomic E-state index is 0.159. The molecule has 0 spiro atoms. The molecule has 1 atom stereocenters. The second-order valence-corrected chi connectivity index (χ2v) is 4.86. The number of benzene rings is 2. The first-order valence-corrected chi connectivity index (χ1v) is 6.33. The lowest BCUT2D eigenvalue weighted by atomic mass is 10.0. The van der Waals surface area contributed by atoms with Crippen molar-refractivity contribution in [2.75, 3.05) is 11.4 Å². The van der Waals surface area contributed by atoms with Gasteiger partial charge in [-0.2, -0.15) is 0 Å². The highest BCUT2D eigenvalue weighted by molar-refractivity contribution is 5.56. The number of anilines is 1. The molecule has 0 saturated heterocycles. The standard InChI is InChI=1S/C15H14F2N2O/c16-10-5-9-8-19(11-1-3-12(20)4-2-11)14(7-18)15(9)13(17)6-10/h1-6,14,20H,7-8,18H2. The largest absolute Gasteiger partial charge is 0.508 e. The van der Waals surface area contributed by atoms with E-state index >= 15 is 0 Å². The number of phenols is 1. The zero-order chi connectivity index (χ0) is 14.3. The van der Waals surface area contributed by atoms with Crippen molar-refractivity contribution >= 4 is 5.69 Å². The third-order valence-electron chi connectivity index (χ3n) is 3.63. The van der Waals surface area contributed by atoms with Crippen molar-refractivity contribution in [1.82, 2.24) is 0 Å². The van der Waals surface area contributed by atoms with E-state index in [1.54, 1.807) is 24.3 Å². The van der Waals surface area contributed by atoms with E-state index in [1.165, 1.54) is 6.07 Å². The first kappa shape index (κ1) is 12.9. The Hall–Kier alpha value is -2.14. The second-order valence-electron chi connectivity index (χ2n) is 4.86. The van der Waals surface area contributed by atoms with Gasteiger partial charge in [-0.1, -0.05) is 0 Å². The smallest absolute Gasteiger partial charge is 0.131 e. The molecule has 0 fully saturated rings. The third-order valence-corrected chi connectivity index (χ3v) is 3.63. The lowest BCUT2D eigenvalue weighted by molar-refractivity contribution is 0.475. The monoisotopic (exact) mass is 276 g/mol. The van der Waals surface area contributed by atoms with Crippen LogP contribution in [-0.2, 0) is 6.54 Å². The fourth-order valence-corrected chi connectivity index (χ4v) is 2.75. The van der Waals surface area contributed by atoms with Gasteiger partial charge in [0.1, 0.15) is 17.4 Å². The number of nitrogens with two attached hydrogens (primary N) is 1. The first-order chi connectivity index (χ1) is 9.60. The van der Waals surface area contributed by atoms with Crippen LogP contribution in [-0.4, -0.2) is 11.7 Å². The Labute approximate surface area is 115 Å². The molecule has 20 heavy (non-hydrogen) atoms. The summed E-state index contributed by atoms with van der Waals surface area (Å²) in [5, 5.41) is 9.32. The summed E-state index contributed by atoms with van der Waals surface area (Å²) in [5.74, 6) is -0.978. The van der Waals surface area contributed by atoms with Crippen LogP contribution in [0, 0.1) is 11.6 Å². The molecule has 1 aliphatic rings. The predicted molar refractivity (Wildman–Crippen MR) is 72.4 cm³/mol. The summed E-state index contributed by atoms with van der Waals surface area (Å²) >= 11 is 0. The van der Waals surface area contributed by atoms with Crippen LogP contribution in [0.5, 0.6) is 5.75 Å². The summed E-state index contributed by atoms with van der Waals surface area (Å²) < 4.78 is 27.3. The van der Waals surface area contributed by atoms with E-state index in [-0.39, 0.29) is 18.3 Å². The minimum Gasteiger partial charge on any atom is -0.508 e. The molecule has 3 nitrogen and oxygen atoms in total. The molecular formula is C15H14F2N2O. The van der Waals surface area contributed by atoms with Crippen LogP contribution in [0.25, 0.3) is 0 Å². The van der Waals surface area contributed by atoms with Crippen molar-refractivity contribution in [1.29, 1.82) is 0 Å². The molecule has 0 amide bonds. The number of halogens is 2.